The van der Waals surface area contributed by atoms with Crippen LogP contribution in [-0.2, 0) is 10.4 Å². The van der Waals surface area contributed by atoms with Gasteiger partial charge in [-0.25, -0.2) is 0 Å². The summed E-state index contributed by atoms with van der Waals surface area (Å²) < 4.78 is 0. The molecule has 1 aromatic rings. The van der Waals surface area contributed by atoms with Crippen LogP contribution in [0.4, 0.5) is 0 Å². The Kier molecular flexibility index (Phi) is 3.19. The zero-order chi connectivity index (χ0) is 13.7. The van der Waals surface area contributed by atoms with Gasteiger partial charge in [0, 0.05) is 0 Å². The van der Waals surface area contributed by atoms with E-state index in [1.807, 2.05) is 0 Å². The minimum absolute atomic E-state index is 0.335. The topological polar surface area (TPSA) is 0 Å². The normalized spacial score (nSPS) is 26.1. The molecule has 1 saturated carbocycles. The van der Waals surface area contributed by atoms with Crippen LogP contribution in [0.15, 0.2) is 24.3 Å². The van der Waals surface area contributed by atoms with Crippen molar-refractivity contribution in [2.45, 2.75) is 42.5 Å². The molecule has 19 heavy (non-hydrogen) atoms. The van der Waals surface area contributed by atoms with Crippen molar-refractivity contribution in [2.75, 3.05) is 0 Å². The van der Waals surface area contributed by atoms with Crippen LogP contribution in [-0.4, -0.2) is 31.4 Å². The fourth-order valence-corrected chi connectivity index (χ4v) is 5.49. The van der Waals surface area contributed by atoms with Crippen molar-refractivity contribution in [3.63, 3.8) is 0 Å². The first-order valence-electron chi connectivity index (χ1n) is 8.05. The lowest BCUT2D eigenvalue weighted by atomic mass is 9.36. The maximum Gasteiger partial charge on any atom is 0.105 e. The maximum atomic E-state index is 2.49. The molecule has 0 bridgehead atoms. The summed E-state index contributed by atoms with van der Waals surface area (Å²) in [5.74, 6) is 1.73. The Bertz CT molecular complexity index is 440. The lowest BCUT2D eigenvalue weighted by Gasteiger charge is -2.44. The molecule has 0 aromatic heterocycles. The van der Waals surface area contributed by atoms with Crippen LogP contribution in [0.2, 0.25) is 0 Å². The van der Waals surface area contributed by atoms with Crippen LogP contribution >= 0.6 is 0 Å². The molecule has 0 atom stereocenters. The predicted molar refractivity (Wildman–Crippen MR) is 94.0 cm³/mol. The van der Waals surface area contributed by atoms with E-state index in [9.17, 15) is 0 Å². The Morgan fingerprint density at radius 2 is 1.26 bits per heavy atom. The lowest BCUT2D eigenvalue weighted by molar-refractivity contribution is 0.221. The molecule has 0 unspecified atom stereocenters. The van der Waals surface area contributed by atoms with E-state index >= 15 is 0 Å². The van der Waals surface area contributed by atoms with Crippen molar-refractivity contribution in [2.24, 2.45) is 11.8 Å². The molecule has 96 valence electrons. The first kappa shape index (κ1) is 13.5. The van der Waals surface area contributed by atoms with E-state index in [1.165, 1.54) is 32.1 Å². The first-order valence-corrected chi connectivity index (χ1v) is 8.05. The maximum absolute atomic E-state index is 2.49. The highest BCUT2D eigenvalue weighted by Crippen LogP contribution is 2.53. The summed E-state index contributed by atoms with van der Waals surface area (Å²) in [6.45, 7) is 0. The van der Waals surface area contributed by atoms with Gasteiger partial charge in [-0.15, -0.1) is 0 Å². The molecule has 1 aromatic carbocycles. The average molecular weight is 248 g/mol. The molecule has 0 heterocycles. The fourth-order valence-electron chi connectivity index (χ4n) is 5.49. The van der Waals surface area contributed by atoms with Gasteiger partial charge in [-0.05, 0) is 11.8 Å². The second-order valence-electron chi connectivity index (χ2n) is 7.86. The number of hydrogen-bond acceptors (Lipinski definition) is 0. The van der Waals surface area contributed by atoms with Gasteiger partial charge in [0.2, 0.25) is 0 Å². The smallest absolute Gasteiger partial charge is 0.0620 e. The number of rotatable bonds is 1. The SMILES string of the molecule is BC1(B)c2ccccc2C(B)(B)C1C1CCCCC1. The molecule has 0 spiro atoms. The van der Waals surface area contributed by atoms with E-state index < -0.39 is 0 Å². The van der Waals surface area contributed by atoms with Crippen LogP contribution in [0, 0.1) is 11.8 Å². The molecule has 3 rings (SSSR count). The van der Waals surface area contributed by atoms with Crippen molar-refractivity contribution in [3.05, 3.63) is 35.4 Å². The van der Waals surface area contributed by atoms with E-state index in [1.54, 1.807) is 11.1 Å². The Balaban J connectivity index is 2.06. The van der Waals surface area contributed by atoms with Gasteiger partial charge in [0.25, 0.3) is 0 Å². The van der Waals surface area contributed by atoms with Gasteiger partial charge in [-0.2, -0.15) is 0 Å². The Hall–Kier alpha value is -0.520. The molecule has 2 aliphatic carbocycles. The molecular weight excluding hydrogens is 223 g/mol. The highest BCUT2D eigenvalue weighted by Gasteiger charge is 2.52. The van der Waals surface area contributed by atoms with Crippen LogP contribution in [0.3, 0.4) is 0 Å². The molecule has 0 amide bonds. The molecular formula is C15H24B4. The van der Waals surface area contributed by atoms with Gasteiger partial charge >= 0.3 is 0 Å². The largest absolute Gasteiger partial charge is 0.105 e. The lowest BCUT2D eigenvalue weighted by Crippen LogP contribution is -2.47. The summed E-state index contributed by atoms with van der Waals surface area (Å²) >= 11 is 0. The van der Waals surface area contributed by atoms with Gasteiger partial charge in [-0.1, -0.05) is 77.9 Å². The molecule has 1 fully saturated rings. The second kappa shape index (κ2) is 4.50. The molecule has 0 N–H and O–H groups in total. The number of fused-ring (bicyclic) bond motifs is 1. The zero-order valence-electron chi connectivity index (χ0n) is 13.0. The van der Waals surface area contributed by atoms with Crippen molar-refractivity contribution in [3.8, 4) is 0 Å². The minimum atomic E-state index is 0.335. The third-order valence-corrected chi connectivity index (χ3v) is 5.99. The van der Waals surface area contributed by atoms with Gasteiger partial charge in [0.15, 0.2) is 0 Å². The Morgan fingerprint density at radius 1 is 0.789 bits per heavy atom. The highest BCUT2D eigenvalue weighted by atomic mass is 14.5. The van der Waals surface area contributed by atoms with Crippen LogP contribution in [0.25, 0.3) is 0 Å². The second-order valence-corrected chi connectivity index (χ2v) is 7.86. The van der Waals surface area contributed by atoms with Gasteiger partial charge in [0.1, 0.15) is 31.4 Å². The van der Waals surface area contributed by atoms with E-state index in [0.29, 0.717) is 10.4 Å². The highest BCUT2D eigenvalue weighted by molar-refractivity contribution is 6.47. The van der Waals surface area contributed by atoms with Crippen LogP contribution in [0.5, 0.6) is 0 Å². The molecule has 4 heteroatoms. The average Bonchev–Trinajstić information content (AvgIpc) is 2.55. The van der Waals surface area contributed by atoms with Gasteiger partial charge < -0.3 is 0 Å². The predicted octanol–water partition coefficient (Wildman–Crippen LogP) is -0.265. The summed E-state index contributed by atoms with van der Waals surface area (Å²) in [6.07, 6.45) is 7.25. The van der Waals surface area contributed by atoms with Crippen LogP contribution in [0.1, 0.15) is 43.2 Å². The third kappa shape index (κ3) is 1.94. The molecule has 0 saturated heterocycles. The molecule has 0 radical (unpaired) electrons. The van der Waals surface area contributed by atoms with Gasteiger partial charge in [-0.3, -0.25) is 0 Å². The van der Waals surface area contributed by atoms with Crippen molar-refractivity contribution < 1.29 is 0 Å². The van der Waals surface area contributed by atoms with Crippen LogP contribution < -0.4 is 0 Å². The van der Waals surface area contributed by atoms with Crippen molar-refractivity contribution in [1.29, 1.82) is 0 Å². The Morgan fingerprint density at radius 3 is 1.74 bits per heavy atom. The van der Waals surface area contributed by atoms with Gasteiger partial charge in [0.05, 0.1) is 0 Å². The monoisotopic (exact) mass is 248 g/mol. The standard InChI is InChI=1S/C15H24B4/c16-14(17)11-8-4-5-9-12(11)15(18,19)13(14)10-6-2-1-3-7-10/h4-5,8-10,13H,1-3,6-7,16-19H2. The first-order chi connectivity index (χ1) is 8.95. The summed E-state index contributed by atoms with van der Waals surface area (Å²) in [4.78, 5) is 0. The summed E-state index contributed by atoms with van der Waals surface area (Å²) in [5.41, 5.74) is 3.21. The zero-order valence-corrected chi connectivity index (χ0v) is 13.0. The van der Waals surface area contributed by atoms with Crippen molar-refractivity contribution >= 4 is 31.4 Å². The number of benzene rings is 1. The van der Waals surface area contributed by atoms with E-state index in [-0.39, 0.29) is 0 Å². The minimum Gasteiger partial charge on any atom is -0.0620 e. The summed E-state index contributed by atoms with van der Waals surface area (Å²) in [7, 11) is 9.94. The molecule has 0 aliphatic heterocycles. The fraction of sp³-hybridized carbons (Fsp3) is 0.600. The Labute approximate surface area is 121 Å². The molecule has 0 nitrogen and oxygen atoms in total. The molecule has 2 aliphatic rings. The van der Waals surface area contributed by atoms with E-state index in [4.69, 9.17) is 0 Å². The summed E-state index contributed by atoms with van der Waals surface area (Å²) in [5, 5.41) is 0.671. The number of hydrogen-bond donors (Lipinski definition) is 0. The summed E-state index contributed by atoms with van der Waals surface area (Å²) in [6, 6.07) is 9.19. The quantitative estimate of drug-likeness (QED) is 0.600. The van der Waals surface area contributed by atoms with Crippen molar-refractivity contribution in [1.82, 2.24) is 0 Å². The third-order valence-electron chi connectivity index (χ3n) is 5.99. The van der Waals surface area contributed by atoms with E-state index in [0.717, 1.165) is 11.8 Å². The van der Waals surface area contributed by atoms with E-state index in [2.05, 4.69) is 55.7 Å².